The van der Waals surface area contributed by atoms with Crippen molar-refractivity contribution in [2.45, 2.75) is 57.0 Å². The summed E-state index contributed by atoms with van der Waals surface area (Å²) in [6.45, 7) is 2.73. The molecule has 2 saturated carbocycles. The fourth-order valence-corrected chi connectivity index (χ4v) is 3.96. The van der Waals surface area contributed by atoms with E-state index in [1.807, 2.05) is 12.3 Å². The lowest BCUT2D eigenvalue weighted by Crippen LogP contribution is -2.59. The molecular formula is C16H24BrN3O. The van der Waals surface area contributed by atoms with Gasteiger partial charge in [-0.15, -0.1) is 0 Å². The number of amides is 1. The first-order chi connectivity index (χ1) is 10.1. The maximum atomic E-state index is 12.8. The first kappa shape index (κ1) is 15.1. The van der Waals surface area contributed by atoms with Gasteiger partial charge < -0.3 is 15.6 Å². The van der Waals surface area contributed by atoms with Crippen molar-refractivity contribution in [2.24, 2.45) is 11.7 Å². The number of hydrogen-bond donors (Lipinski definition) is 2. The van der Waals surface area contributed by atoms with Crippen LogP contribution in [0, 0.1) is 5.92 Å². The quantitative estimate of drug-likeness (QED) is 0.872. The molecule has 1 amide bonds. The van der Waals surface area contributed by atoms with E-state index in [1.165, 1.54) is 19.3 Å². The van der Waals surface area contributed by atoms with Gasteiger partial charge in [0.05, 0.1) is 5.54 Å². The summed E-state index contributed by atoms with van der Waals surface area (Å²) < 4.78 is 3.08. The van der Waals surface area contributed by atoms with Crippen LogP contribution in [0.25, 0.3) is 0 Å². The molecule has 1 heterocycles. The maximum absolute atomic E-state index is 12.8. The monoisotopic (exact) mass is 353 g/mol. The number of carbonyl (C=O) groups is 1. The van der Waals surface area contributed by atoms with Gasteiger partial charge >= 0.3 is 0 Å². The molecule has 21 heavy (non-hydrogen) atoms. The predicted molar refractivity (Wildman–Crippen MR) is 87.3 cm³/mol. The van der Waals surface area contributed by atoms with Crippen molar-refractivity contribution in [1.82, 2.24) is 9.88 Å². The Morgan fingerprint density at radius 3 is 2.86 bits per heavy atom. The third kappa shape index (κ3) is 2.90. The first-order valence-corrected chi connectivity index (χ1v) is 8.75. The molecule has 0 radical (unpaired) electrons. The van der Waals surface area contributed by atoms with Crippen LogP contribution in [-0.2, 0) is 0 Å². The van der Waals surface area contributed by atoms with Gasteiger partial charge in [0.25, 0.3) is 5.91 Å². The maximum Gasteiger partial charge on any atom is 0.268 e. The Balaban J connectivity index is 1.81. The summed E-state index contributed by atoms with van der Waals surface area (Å²) in [5.41, 5.74) is 6.56. The Kier molecular flexibility index (Phi) is 4.14. The van der Waals surface area contributed by atoms with Crippen molar-refractivity contribution in [3.63, 3.8) is 0 Å². The molecule has 5 heteroatoms. The Morgan fingerprint density at radius 1 is 1.48 bits per heavy atom. The zero-order valence-electron chi connectivity index (χ0n) is 12.6. The van der Waals surface area contributed by atoms with Crippen LogP contribution in [0.4, 0.5) is 0 Å². The Bertz CT molecular complexity index is 538. The number of rotatable bonds is 4. The summed E-state index contributed by atoms with van der Waals surface area (Å²) in [7, 11) is 0. The standard InChI is InChI=1S/C16H24BrN3O/c1-11-4-2-3-7-16(11,10-18)19-15(21)14-8-12(17)9-20(14)13-5-6-13/h8-9,11,13H,2-7,10,18H2,1H3,(H,19,21). The van der Waals surface area contributed by atoms with E-state index >= 15 is 0 Å². The van der Waals surface area contributed by atoms with Gasteiger partial charge in [0.15, 0.2) is 0 Å². The van der Waals surface area contributed by atoms with Gasteiger partial charge in [0.1, 0.15) is 5.69 Å². The Labute approximate surface area is 134 Å². The molecule has 116 valence electrons. The number of nitrogens with one attached hydrogen (secondary N) is 1. The van der Waals surface area contributed by atoms with Crippen LogP contribution in [0.2, 0.25) is 0 Å². The van der Waals surface area contributed by atoms with Gasteiger partial charge in [-0.1, -0.05) is 19.8 Å². The van der Waals surface area contributed by atoms with Gasteiger partial charge in [-0.25, -0.2) is 0 Å². The summed E-state index contributed by atoms with van der Waals surface area (Å²) in [5, 5.41) is 3.28. The van der Waals surface area contributed by atoms with Crippen LogP contribution >= 0.6 is 15.9 Å². The number of hydrogen-bond acceptors (Lipinski definition) is 2. The molecule has 0 spiro atoms. The topological polar surface area (TPSA) is 60.0 Å². The van der Waals surface area contributed by atoms with Crippen molar-refractivity contribution in [2.75, 3.05) is 6.54 Å². The molecule has 2 atom stereocenters. The minimum atomic E-state index is -0.236. The van der Waals surface area contributed by atoms with E-state index in [1.54, 1.807) is 0 Å². The number of carbonyl (C=O) groups excluding carboxylic acids is 1. The minimum Gasteiger partial charge on any atom is -0.344 e. The van der Waals surface area contributed by atoms with E-state index in [0.717, 1.165) is 29.4 Å². The van der Waals surface area contributed by atoms with E-state index in [-0.39, 0.29) is 11.4 Å². The number of nitrogens with zero attached hydrogens (tertiary/aromatic N) is 1. The number of nitrogens with two attached hydrogens (primary N) is 1. The Morgan fingerprint density at radius 2 is 2.24 bits per heavy atom. The zero-order chi connectivity index (χ0) is 15.0. The SMILES string of the molecule is CC1CCCCC1(CN)NC(=O)c1cc(Br)cn1C1CC1. The highest BCUT2D eigenvalue weighted by molar-refractivity contribution is 9.10. The van der Waals surface area contributed by atoms with Crippen LogP contribution < -0.4 is 11.1 Å². The molecule has 3 rings (SSSR count). The average Bonchev–Trinajstić information content (AvgIpc) is 3.24. The molecule has 2 unspecified atom stereocenters. The second-order valence-electron chi connectivity index (χ2n) is 6.64. The first-order valence-electron chi connectivity index (χ1n) is 7.96. The lowest BCUT2D eigenvalue weighted by molar-refractivity contribution is 0.0803. The molecule has 0 bridgehead atoms. The number of aromatic nitrogens is 1. The van der Waals surface area contributed by atoms with Crippen molar-refractivity contribution < 1.29 is 4.79 Å². The molecule has 2 aliphatic rings. The van der Waals surface area contributed by atoms with Gasteiger partial charge in [-0.2, -0.15) is 0 Å². The normalized spacial score (nSPS) is 29.4. The average molecular weight is 354 g/mol. The predicted octanol–water partition coefficient (Wildman–Crippen LogP) is 3.22. The molecule has 1 aromatic rings. The lowest BCUT2D eigenvalue weighted by atomic mass is 9.73. The fourth-order valence-electron chi connectivity index (χ4n) is 3.53. The second-order valence-corrected chi connectivity index (χ2v) is 7.56. The smallest absolute Gasteiger partial charge is 0.268 e. The van der Waals surface area contributed by atoms with E-state index in [4.69, 9.17) is 5.73 Å². The molecule has 0 aromatic carbocycles. The zero-order valence-corrected chi connectivity index (χ0v) is 14.2. The van der Waals surface area contributed by atoms with Crippen molar-refractivity contribution in [3.8, 4) is 0 Å². The molecule has 1 aromatic heterocycles. The molecule has 0 aliphatic heterocycles. The number of halogens is 1. The van der Waals surface area contributed by atoms with Crippen LogP contribution in [0.5, 0.6) is 0 Å². The van der Waals surface area contributed by atoms with Crippen LogP contribution in [-0.4, -0.2) is 22.6 Å². The Hall–Kier alpha value is -0.810. The largest absolute Gasteiger partial charge is 0.344 e. The van der Waals surface area contributed by atoms with Gasteiger partial charge in [-0.3, -0.25) is 4.79 Å². The third-order valence-electron chi connectivity index (χ3n) is 5.17. The van der Waals surface area contributed by atoms with Gasteiger partial charge in [0.2, 0.25) is 0 Å². The summed E-state index contributed by atoms with van der Waals surface area (Å²) in [5.74, 6) is 0.458. The molecule has 4 nitrogen and oxygen atoms in total. The highest BCUT2D eigenvalue weighted by Gasteiger charge is 2.39. The van der Waals surface area contributed by atoms with Crippen LogP contribution in [0.1, 0.15) is 62.0 Å². The third-order valence-corrected chi connectivity index (χ3v) is 5.60. The van der Waals surface area contributed by atoms with E-state index in [2.05, 4.69) is 32.7 Å². The molecule has 2 fully saturated rings. The molecule has 0 saturated heterocycles. The lowest BCUT2D eigenvalue weighted by Gasteiger charge is -2.42. The van der Waals surface area contributed by atoms with Crippen molar-refractivity contribution >= 4 is 21.8 Å². The summed E-state index contributed by atoms with van der Waals surface area (Å²) in [6, 6.07) is 2.42. The van der Waals surface area contributed by atoms with E-state index < -0.39 is 0 Å². The summed E-state index contributed by atoms with van der Waals surface area (Å²) in [4.78, 5) is 12.8. The molecule has 2 aliphatic carbocycles. The minimum absolute atomic E-state index is 0.0202. The van der Waals surface area contributed by atoms with E-state index in [0.29, 0.717) is 18.5 Å². The van der Waals surface area contributed by atoms with Crippen molar-refractivity contribution in [3.05, 3.63) is 22.4 Å². The highest BCUT2D eigenvalue weighted by atomic mass is 79.9. The summed E-state index contributed by atoms with van der Waals surface area (Å²) >= 11 is 3.49. The van der Waals surface area contributed by atoms with Crippen LogP contribution in [0.15, 0.2) is 16.7 Å². The fraction of sp³-hybridized carbons (Fsp3) is 0.688. The van der Waals surface area contributed by atoms with Gasteiger partial charge in [0, 0.05) is 23.3 Å². The van der Waals surface area contributed by atoms with Crippen molar-refractivity contribution in [1.29, 1.82) is 0 Å². The highest BCUT2D eigenvalue weighted by Crippen LogP contribution is 2.38. The van der Waals surface area contributed by atoms with Crippen LogP contribution in [0.3, 0.4) is 0 Å². The van der Waals surface area contributed by atoms with E-state index in [9.17, 15) is 4.79 Å². The van der Waals surface area contributed by atoms with Gasteiger partial charge in [-0.05, 0) is 53.6 Å². The summed E-state index contributed by atoms with van der Waals surface area (Å²) in [6.07, 6.45) is 8.87. The second kappa shape index (κ2) is 5.76. The molecule has 3 N–H and O–H groups in total. The molecular weight excluding hydrogens is 330 g/mol.